The van der Waals surface area contributed by atoms with Gasteiger partial charge in [-0.3, -0.25) is 9.89 Å². The molecular formula is C25H35N9O. The molecule has 3 aromatic heterocycles. The number of nitrogens with one attached hydrogen (secondary N) is 2. The van der Waals surface area contributed by atoms with Crippen LogP contribution in [-0.2, 0) is 0 Å². The summed E-state index contributed by atoms with van der Waals surface area (Å²) in [5.41, 5.74) is 10.5. The number of piperidine rings is 2. The van der Waals surface area contributed by atoms with Crippen LogP contribution in [0.2, 0.25) is 0 Å². The van der Waals surface area contributed by atoms with Gasteiger partial charge in [0.2, 0.25) is 0 Å². The van der Waals surface area contributed by atoms with Crippen LogP contribution < -0.4 is 16.0 Å². The van der Waals surface area contributed by atoms with E-state index in [0.29, 0.717) is 18.2 Å². The fourth-order valence-corrected chi connectivity index (χ4v) is 5.88. The lowest BCUT2D eigenvalue weighted by atomic mass is 9.96. The topological polar surface area (TPSA) is 120 Å². The van der Waals surface area contributed by atoms with E-state index in [2.05, 4.69) is 27.3 Å². The zero-order chi connectivity index (χ0) is 23.9. The van der Waals surface area contributed by atoms with Gasteiger partial charge in [-0.05, 0) is 58.1 Å². The van der Waals surface area contributed by atoms with Gasteiger partial charge in [0.1, 0.15) is 11.5 Å². The molecule has 0 aliphatic carbocycles. The van der Waals surface area contributed by atoms with Crippen molar-refractivity contribution < 1.29 is 4.79 Å². The standard InChI is InChI=1S/C25H35N9O/c1-16-14-34-23(28-24(16)32-10-7-18(26)15-32)12-20(31-34)22-6-2-3-9-33(22)25(35)21-11-19(29-30-21)17-5-4-8-27-13-17/h11-12,14,17-18,22,27H,2-10,13,15,26H2,1H3,(H,29,30)/t17?,18-,22-/m0/s1. The maximum absolute atomic E-state index is 13.6. The summed E-state index contributed by atoms with van der Waals surface area (Å²) in [6.07, 6.45) is 8.26. The molecule has 1 amide bonds. The van der Waals surface area contributed by atoms with E-state index in [1.54, 1.807) is 0 Å². The second kappa shape index (κ2) is 9.23. The average molecular weight is 478 g/mol. The number of hydrogen-bond acceptors (Lipinski definition) is 7. The van der Waals surface area contributed by atoms with Gasteiger partial charge in [0.15, 0.2) is 5.65 Å². The zero-order valence-electron chi connectivity index (χ0n) is 20.4. The maximum Gasteiger partial charge on any atom is 0.274 e. The first kappa shape index (κ1) is 22.5. The Morgan fingerprint density at radius 3 is 2.86 bits per heavy atom. The van der Waals surface area contributed by atoms with Gasteiger partial charge in [0.25, 0.3) is 5.91 Å². The fourth-order valence-electron chi connectivity index (χ4n) is 5.88. The fraction of sp³-hybridized carbons (Fsp3) is 0.600. The van der Waals surface area contributed by atoms with Crippen molar-refractivity contribution in [3.8, 4) is 0 Å². The van der Waals surface area contributed by atoms with Gasteiger partial charge in [0.05, 0.1) is 11.7 Å². The van der Waals surface area contributed by atoms with Crippen LogP contribution in [0.3, 0.4) is 0 Å². The van der Waals surface area contributed by atoms with E-state index in [1.165, 1.54) is 0 Å². The molecule has 3 atom stereocenters. The number of hydrogen-bond donors (Lipinski definition) is 3. The molecule has 10 nitrogen and oxygen atoms in total. The highest BCUT2D eigenvalue weighted by Gasteiger charge is 2.32. The summed E-state index contributed by atoms with van der Waals surface area (Å²) >= 11 is 0. The number of amides is 1. The number of likely N-dealkylation sites (tertiary alicyclic amines) is 1. The first-order valence-corrected chi connectivity index (χ1v) is 13.0. The summed E-state index contributed by atoms with van der Waals surface area (Å²) in [5, 5.41) is 15.8. The lowest BCUT2D eigenvalue weighted by Crippen LogP contribution is -2.39. The van der Waals surface area contributed by atoms with Crippen LogP contribution in [0, 0.1) is 6.92 Å². The minimum Gasteiger partial charge on any atom is -0.355 e. The van der Waals surface area contributed by atoms with Crippen molar-refractivity contribution in [1.29, 1.82) is 0 Å². The Hall–Kier alpha value is -2.98. The van der Waals surface area contributed by atoms with Crippen molar-refractivity contribution in [1.82, 2.24) is 35.0 Å². The molecule has 0 bridgehead atoms. The van der Waals surface area contributed by atoms with Crippen LogP contribution in [0.4, 0.5) is 5.82 Å². The molecular weight excluding hydrogens is 442 g/mol. The number of carbonyl (C=O) groups excluding carboxylic acids is 1. The number of anilines is 1. The molecule has 3 aliphatic heterocycles. The third kappa shape index (κ3) is 4.29. The van der Waals surface area contributed by atoms with Gasteiger partial charge in [-0.1, -0.05) is 0 Å². The Bertz CT molecular complexity index is 1210. The van der Waals surface area contributed by atoms with E-state index < -0.39 is 0 Å². The number of carbonyl (C=O) groups is 1. The predicted octanol–water partition coefficient (Wildman–Crippen LogP) is 2.13. The molecule has 4 N–H and O–H groups in total. The highest BCUT2D eigenvalue weighted by atomic mass is 16.2. The Morgan fingerprint density at radius 1 is 1.14 bits per heavy atom. The van der Waals surface area contributed by atoms with Gasteiger partial charge in [-0.15, -0.1) is 0 Å². The van der Waals surface area contributed by atoms with Crippen LogP contribution in [0.25, 0.3) is 5.65 Å². The van der Waals surface area contributed by atoms with Crippen molar-refractivity contribution >= 4 is 17.4 Å². The first-order chi connectivity index (χ1) is 17.1. The lowest BCUT2D eigenvalue weighted by Gasteiger charge is -2.34. The zero-order valence-corrected chi connectivity index (χ0v) is 20.4. The Balaban J connectivity index is 1.26. The maximum atomic E-state index is 13.6. The number of aromatic nitrogens is 5. The van der Waals surface area contributed by atoms with E-state index in [1.807, 2.05) is 27.7 Å². The second-order valence-electron chi connectivity index (χ2n) is 10.4. The van der Waals surface area contributed by atoms with Crippen LogP contribution >= 0.6 is 0 Å². The minimum atomic E-state index is -0.0709. The molecule has 1 unspecified atom stereocenters. The normalized spacial score (nSPS) is 25.5. The quantitative estimate of drug-likeness (QED) is 0.526. The smallest absolute Gasteiger partial charge is 0.274 e. The predicted molar refractivity (Wildman–Crippen MR) is 134 cm³/mol. The third-order valence-electron chi connectivity index (χ3n) is 7.81. The monoisotopic (exact) mass is 477 g/mol. The SMILES string of the molecule is Cc1cn2nc([C@@H]3CCCCN3C(=O)c3cc(C4CCCNC4)[nH]n3)cc2nc1N1CC[C@H](N)C1. The largest absolute Gasteiger partial charge is 0.355 e. The molecule has 0 spiro atoms. The third-order valence-corrected chi connectivity index (χ3v) is 7.81. The first-order valence-electron chi connectivity index (χ1n) is 13.0. The molecule has 0 saturated carbocycles. The highest BCUT2D eigenvalue weighted by molar-refractivity contribution is 5.92. The van der Waals surface area contributed by atoms with E-state index >= 15 is 0 Å². The summed E-state index contributed by atoms with van der Waals surface area (Å²) < 4.78 is 1.85. The van der Waals surface area contributed by atoms with Crippen molar-refractivity contribution in [3.63, 3.8) is 0 Å². The molecule has 0 aromatic carbocycles. The average Bonchev–Trinajstić information content (AvgIpc) is 3.63. The minimum absolute atomic E-state index is 0.0195. The summed E-state index contributed by atoms with van der Waals surface area (Å²) in [5.74, 6) is 1.35. The highest BCUT2D eigenvalue weighted by Crippen LogP contribution is 2.33. The number of aryl methyl sites for hydroxylation is 1. The number of rotatable bonds is 4. The lowest BCUT2D eigenvalue weighted by molar-refractivity contribution is 0.0599. The van der Waals surface area contributed by atoms with Gasteiger partial charge < -0.3 is 20.9 Å². The van der Waals surface area contributed by atoms with E-state index in [0.717, 1.165) is 93.1 Å². The number of nitrogens with zero attached hydrogens (tertiary/aromatic N) is 6. The number of nitrogens with two attached hydrogens (primary N) is 1. The molecule has 3 aromatic rings. The van der Waals surface area contributed by atoms with Crippen molar-refractivity contribution in [2.75, 3.05) is 37.6 Å². The number of H-pyrrole nitrogens is 1. The van der Waals surface area contributed by atoms with Crippen molar-refractivity contribution in [2.45, 2.75) is 63.5 Å². The van der Waals surface area contributed by atoms with Crippen LogP contribution in [0.5, 0.6) is 0 Å². The summed E-state index contributed by atoms with van der Waals surface area (Å²) in [6.45, 7) is 6.54. The Labute approximate surface area is 205 Å². The van der Waals surface area contributed by atoms with Crippen LogP contribution in [0.15, 0.2) is 18.3 Å². The van der Waals surface area contributed by atoms with E-state index in [-0.39, 0.29) is 18.0 Å². The van der Waals surface area contributed by atoms with Gasteiger partial charge in [0, 0.05) is 61.7 Å². The molecule has 35 heavy (non-hydrogen) atoms. The molecule has 3 fully saturated rings. The van der Waals surface area contributed by atoms with Crippen LogP contribution in [-0.4, -0.2) is 74.4 Å². The molecule has 0 radical (unpaired) electrons. The van der Waals surface area contributed by atoms with E-state index in [4.69, 9.17) is 15.8 Å². The molecule has 10 heteroatoms. The summed E-state index contributed by atoms with van der Waals surface area (Å²) in [6, 6.07) is 4.12. The Kier molecular flexibility index (Phi) is 5.93. The second-order valence-corrected chi connectivity index (χ2v) is 10.4. The van der Waals surface area contributed by atoms with Crippen molar-refractivity contribution in [3.05, 3.63) is 41.0 Å². The summed E-state index contributed by atoms with van der Waals surface area (Å²) in [4.78, 5) is 22.7. The molecule has 186 valence electrons. The molecule has 3 aliphatic rings. The van der Waals surface area contributed by atoms with Crippen molar-refractivity contribution in [2.24, 2.45) is 5.73 Å². The van der Waals surface area contributed by atoms with Gasteiger partial charge in [-0.25, -0.2) is 9.50 Å². The van der Waals surface area contributed by atoms with Gasteiger partial charge in [-0.2, -0.15) is 10.2 Å². The Morgan fingerprint density at radius 2 is 2.06 bits per heavy atom. The van der Waals surface area contributed by atoms with Gasteiger partial charge >= 0.3 is 0 Å². The molecule has 6 rings (SSSR count). The molecule has 6 heterocycles. The van der Waals surface area contributed by atoms with E-state index in [9.17, 15) is 4.79 Å². The van der Waals surface area contributed by atoms with Crippen LogP contribution in [0.1, 0.15) is 77.9 Å². The molecule has 3 saturated heterocycles. The number of aromatic amines is 1. The summed E-state index contributed by atoms with van der Waals surface area (Å²) in [7, 11) is 0. The number of fused-ring (bicyclic) bond motifs is 1.